The zero-order valence-electron chi connectivity index (χ0n) is 24.3. The molecule has 2 aliphatic carbocycles. The van der Waals surface area contributed by atoms with Crippen molar-refractivity contribution >= 4 is 29.5 Å². The molecule has 3 rings (SSSR count). The van der Waals surface area contributed by atoms with Gasteiger partial charge >= 0.3 is 6.03 Å². The second-order valence-corrected chi connectivity index (χ2v) is 14.5. The molecule has 10 heteroatoms. The van der Waals surface area contributed by atoms with E-state index in [2.05, 4.69) is 29.8 Å². The van der Waals surface area contributed by atoms with Crippen LogP contribution in [0.25, 0.3) is 0 Å². The summed E-state index contributed by atoms with van der Waals surface area (Å²) in [6.45, 7) is 15.8. The number of primary amides is 1. The third-order valence-electron chi connectivity index (χ3n) is 8.66. The zero-order valence-corrected chi connectivity index (χ0v) is 24.3. The number of hydrogen-bond donors (Lipinski definition) is 4. The number of nitrogens with zero attached hydrogens (tertiary/aromatic N) is 1. The van der Waals surface area contributed by atoms with Gasteiger partial charge in [0.25, 0.3) is 5.91 Å². The monoisotopic (exact) mass is 533 g/mol. The molecule has 5 amide bonds. The lowest BCUT2D eigenvalue weighted by molar-refractivity contribution is -0.143. The average molecular weight is 534 g/mol. The fraction of sp³-hybridized carbons (Fsp3) is 0.821. The molecule has 4 atom stereocenters. The highest BCUT2D eigenvalue weighted by Crippen LogP contribution is 2.69. The minimum Gasteiger partial charge on any atom is -0.363 e. The quantitative estimate of drug-likeness (QED) is 0.353. The van der Waals surface area contributed by atoms with Crippen molar-refractivity contribution in [3.8, 4) is 0 Å². The van der Waals surface area contributed by atoms with Gasteiger partial charge in [0, 0.05) is 12.1 Å². The van der Waals surface area contributed by atoms with E-state index in [1.54, 1.807) is 4.90 Å². The summed E-state index contributed by atoms with van der Waals surface area (Å²) in [5, 5.41) is 8.47. The van der Waals surface area contributed by atoms with Crippen molar-refractivity contribution in [3.63, 3.8) is 0 Å². The maximum atomic E-state index is 14.1. The number of rotatable bonds is 8. The van der Waals surface area contributed by atoms with Gasteiger partial charge in [-0.2, -0.15) is 0 Å². The topological polar surface area (TPSA) is 151 Å². The molecule has 5 N–H and O–H groups in total. The number of amides is 5. The van der Waals surface area contributed by atoms with Crippen LogP contribution in [-0.4, -0.2) is 64.6 Å². The second kappa shape index (κ2) is 10.2. The molecule has 4 unspecified atom stereocenters. The maximum Gasteiger partial charge on any atom is 0.315 e. The highest BCUT2D eigenvalue weighted by Gasteiger charge is 2.67. The van der Waals surface area contributed by atoms with Crippen molar-refractivity contribution in [2.24, 2.45) is 27.9 Å². The van der Waals surface area contributed by atoms with E-state index in [1.165, 1.54) is 0 Å². The zero-order chi connectivity index (χ0) is 28.8. The summed E-state index contributed by atoms with van der Waals surface area (Å²) >= 11 is 0. The maximum absolute atomic E-state index is 14.1. The van der Waals surface area contributed by atoms with E-state index in [1.807, 2.05) is 41.5 Å². The number of nitrogens with two attached hydrogens (primary N) is 1. The highest BCUT2D eigenvalue weighted by atomic mass is 16.2. The van der Waals surface area contributed by atoms with Gasteiger partial charge < -0.3 is 26.6 Å². The number of urea groups is 1. The number of Topliss-reactive ketones (excluding diaryl/α,β-unsaturated/α-hetero) is 1. The number of carbonyl (C=O) groups is 5. The van der Waals surface area contributed by atoms with Crippen LogP contribution in [0.5, 0.6) is 0 Å². The Balaban J connectivity index is 1.86. The molecule has 214 valence electrons. The summed E-state index contributed by atoms with van der Waals surface area (Å²) in [6, 6.07) is -3.15. The minimum absolute atomic E-state index is 0.0385. The predicted molar refractivity (Wildman–Crippen MR) is 144 cm³/mol. The van der Waals surface area contributed by atoms with Gasteiger partial charge in [-0.25, -0.2) is 4.79 Å². The van der Waals surface area contributed by atoms with Gasteiger partial charge in [-0.3, -0.25) is 19.2 Å². The lowest BCUT2D eigenvalue weighted by atomic mass is 9.80. The van der Waals surface area contributed by atoms with Crippen molar-refractivity contribution in [1.82, 2.24) is 20.9 Å². The Hall–Kier alpha value is -2.65. The van der Waals surface area contributed by atoms with Gasteiger partial charge in [0.1, 0.15) is 12.1 Å². The lowest BCUT2D eigenvalue weighted by Crippen LogP contribution is -2.61. The molecule has 0 aromatic carbocycles. The Labute approximate surface area is 226 Å². The summed E-state index contributed by atoms with van der Waals surface area (Å²) < 4.78 is 0. The fourth-order valence-electron chi connectivity index (χ4n) is 5.92. The van der Waals surface area contributed by atoms with Gasteiger partial charge in [0.2, 0.25) is 17.6 Å². The van der Waals surface area contributed by atoms with Crippen LogP contribution in [0, 0.1) is 22.2 Å². The molecule has 10 nitrogen and oxygen atoms in total. The normalized spacial score (nSPS) is 26.2. The summed E-state index contributed by atoms with van der Waals surface area (Å²) in [5.41, 5.74) is 3.93. The van der Waals surface area contributed by atoms with Crippen LogP contribution in [0.2, 0.25) is 0 Å². The number of nitrogens with one attached hydrogen (secondary N) is 3. The predicted octanol–water partition coefficient (Wildman–Crippen LogP) is 2.25. The first-order valence-corrected chi connectivity index (χ1v) is 13.8. The average Bonchev–Trinajstić information content (AvgIpc) is 3.05. The van der Waals surface area contributed by atoms with Crippen LogP contribution in [0.1, 0.15) is 93.9 Å². The SMILES string of the molecule is CC(C)(C)NC(=O)NC(C(=O)N1CC2(CC1C(=O)NC(CC1CCC1)C(=O)C(N)=O)CC2(C)C)C(C)(C)C. The van der Waals surface area contributed by atoms with E-state index in [4.69, 9.17) is 5.73 Å². The molecule has 3 aliphatic rings. The van der Waals surface area contributed by atoms with Gasteiger partial charge in [0.15, 0.2) is 0 Å². The molecule has 0 aromatic heterocycles. The molecule has 2 saturated carbocycles. The largest absolute Gasteiger partial charge is 0.363 e. The van der Waals surface area contributed by atoms with Crippen molar-refractivity contribution in [3.05, 3.63) is 0 Å². The van der Waals surface area contributed by atoms with Crippen LogP contribution in [0.3, 0.4) is 0 Å². The number of likely N-dealkylation sites (tertiary alicyclic amines) is 1. The standard InChI is InChI=1S/C28H47N5O5/c1-25(2,3)20(31-24(38)32-26(4,5)6)23(37)33-15-28(14-27(28,7)8)13-18(33)22(36)30-17(19(34)21(29)35)12-16-10-9-11-16/h16-18,20H,9-15H2,1-8H3,(H2,29,35)(H,30,36)(H2,31,32,38). The molecular formula is C28H47N5O5. The van der Waals surface area contributed by atoms with Crippen LogP contribution in [0.15, 0.2) is 0 Å². The van der Waals surface area contributed by atoms with E-state index in [0.717, 1.165) is 25.7 Å². The van der Waals surface area contributed by atoms with Gasteiger partial charge in [-0.1, -0.05) is 53.9 Å². The molecule has 3 fully saturated rings. The van der Waals surface area contributed by atoms with Crippen LogP contribution >= 0.6 is 0 Å². The van der Waals surface area contributed by atoms with Gasteiger partial charge in [0.05, 0.1) is 6.04 Å². The second-order valence-electron chi connectivity index (χ2n) is 14.5. The molecule has 1 saturated heterocycles. The Morgan fingerprint density at radius 3 is 2.00 bits per heavy atom. The number of ketones is 1. The Morgan fingerprint density at radius 1 is 1.00 bits per heavy atom. The Morgan fingerprint density at radius 2 is 1.58 bits per heavy atom. The van der Waals surface area contributed by atoms with Crippen LogP contribution in [-0.2, 0) is 19.2 Å². The summed E-state index contributed by atoms with van der Waals surface area (Å²) in [5.74, 6) is -2.41. The Bertz CT molecular complexity index is 991. The first-order chi connectivity index (χ1) is 17.3. The van der Waals surface area contributed by atoms with E-state index >= 15 is 0 Å². The molecule has 0 aromatic rings. The van der Waals surface area contributed by atoms with E-state index in [9.17, 15) is 24.0 Å². The Kier molecular flexibility index (Phi) is 7.99. The molecule has 1 spiro atoms. The smallest absolute Gasteiger partial charge is 0.315 e. The minimum atomic E-state index is -1.07. The van der Waals surface area contributed by atoms with Gasteiger partial charge in [-0.05, 0) is 62.2 Å². The molecular weight excluding hydrogens is 486 g/mol. The lowest BCUT2D eigenvalue weighted by Gasteiger charge is -2.36. The summed E-state index contributed by atoms with van der Waals surface area (Å²) in [4.78, 5) is 66.4. The van der Waals surface area contributed by atoms with Crippen LogP contribution in [0.4, 0.5) is 4.79 Å². The van der Waals surface area contributed by atoms with Crippen molar-refractivity contribution < 1.29 is 24.0 Å². The molecule has 1 heterocycles. The highest BCUT2D eigenvalue weighted by molar-refractivity contribution is 6.37. The summed E-state index contributed by atoms with van der Waals surface area (Å²) in [7, 11) is 0. The molecule has 38 heavy (non-hydrogen) atoms. The van der Waals surface area contributed by atoms with Crippen molar-refractivity contribution in [2.75, 3.05) is 6.54 Å². The third-order valence-corrected chi connectivity index (χ3v) is 8.66. The molecule has 1 aliphatic heterocycles. The number of hydrogen-bond acceptors (Lipinski definition) is 5. The van der Waals surface area contributed by atoms with E-state index < -0.39 is 52.7 Å². The third kappa shape index (κ3) is 6.49. The molecule has 0 radical (unpaired) electrons. The van der Waals surface area contributed by atoms with E-state index in [-0.39, 0.29) is 22.7 Å². The van der Waals surface area contributed by atoms with E-state index in [0.29, 0.717) is 19.4 Å². The summed E-state index contributed by atoms with van der Waals surface area (Å²) in [6.07, 6.45) is 4.64. The first kappa shape index (κ1) is 29.9. The van der Waals surface area contributed by atoms with Crippen molar-refractivity contribution in [1.29, 1.82) is 0 Å². The van der Waals surface area contributed by atoms with Gasteiger partial charge in [-0.15, -0.1) is 0 Å². The fourth-order valence-corrected chi connectivity index (χ4v) is 5.92. The number of carbonyl (C=O) groups excluding carboxylic acids is 5. The van der Waals surface area contributed by atoms with Crippen LogP contribution < -0.4 is 21.7 Å². The van der Waals surface area contributed by atoms with Crippen molar-refractivity contribution in [2.45, 2.75) is 118 Å². The molecule has 0 bridgehead atoms. The first-order valence-electron chi connectivity index (χ1n) is 13.8.